The minimum atomic E-state index is 0.656. The molecule has 4 aromatic rings. The van der Waals surface area contributed by atoms with Crippen LogP contribution in [-0.2, 0) is 6.54 Å². The van der Waals surface area contributed by atoms with E-state index in [1.165, 1.54) is 0 Å². The first kappa shape index (κ1) is 12.7. The maximum atomic E-state index is 5.26. The number of hydrogen-bond acceptors (Lipinski definition) is 4. The molecule has 104 valence electrons. The maximum absolute atomic E-state index is 5.26. The Morgan fingerprint density at radius 1 is 1.24 bits per heavy atom. The number of H-pyrrole nitrogens is 1. The van der Waals surface area contributed by atoms with Crippen LogP contribution < -0.4 is 0 Å². The van der Waals surface area contributed by atoms with Crippen molar-refractivity contribution in [3.63, 3.8) is 0 Å². The van der Waals surface area contributed by atoms with E-state index in [-0.39, 0.29) is 0 Å². The number of aromatic amines is 1. The molecular weight excluding hydrogens is 300 g/mol. The molecule has 1 aromatic carbocycles. The van der Waals surface area contributed by atoms with E-state index in [2.05, 4.69) is 35.3 Å². The fourth-order valence-corrected chi connectivity index (χ4v) is 3.77. The second kappa shape index (κ2) is 4.75. The zero-order valence-corrected chi connectivity index (χ0v) is 13.0. The van der Waals surface area contributed by atoms with Crippen molar-refractivity contribution in [1.29, 1.82) is 0 Å². The minimum Gasteiger partial charge on any atom is -0.300 e. The number of nitrogens with one attached hydrogen (secondary N) is 1. The van der Waals surface area contributed by atoms with Gasteiger partial charge in [-0.25, -0.2) is 4.98 Å². The highest BCUT2D eigenvalue weighted by Crippen LogP contribution is 2.33. The van der Waals surface area contributed by atoms with Crippen molar-refractivity contribution in [2.24, 2.45) is 0 Å². The predicted molar refractivity (Wildman–Crippen MR) is 89.2 cm³/mol. The zero-order valence-electron chi connectivity index (χ0n) is 11.3. The predicted octanol–water partition coefficient (Wildman–Crippen LogP) is 4.39. The lowest BCUT2D eigenvalue weighted by molar-refractivity contribution is 0.757. The molecule has 0 aliphatic rings. The lowest BCUT2D eigenvalue weighted by Crippen LogP contribution is -1.95. The van der Waals surface area contributed by atoms with Crippen LogP contribution >= 0.6 is 23.6 Å². The van der Waals surface area contributed by atoms with E-state index < -0.39 is 0 Å². The first-order chi connectivity index (χ1) is 10.3. The molecule has 0 saturated carbocycles. The lowest BCUT2D eigenvalue weighted by Gasteiger charge is -1.99. The highest BCUT2D eigenvalue weighted by Gasteiger charge is 2.12. The Morgan fingerprint density at radius 3 is 2.95 bits per heavy atom. The highest BCUT2D eigenvalue weighted by molar-refractivity contribution is 7.71. The van der Waals surface area contributed by atoms with Gasteiger partial charge in [0.25, 0.3) is 0 Å². The summed E-state index contributed by atoms with van der Waals surface area (Å²) < 4.78 is 2.66. The topological polar surface area (TPSA) is 46.5 Å². The quantitative estimate of drug-likeness (QED) is 0.558. The third-order valence-corrected chi connectivity index (χ3v) is 4.86. The fraction of sp³-hybridized carbons (Fsp3) is 0.133. The van der Waals surface area contributed by atoms with Crippen LogP contribution in [0.4, 0.5) is 0 Å². The van der Waals surface area contributed by atoms with Crippen LogP contribution in [0.3, 0.4) is 0 Å². The summed E-state index contributed by atoms with van der Waals surface area (Å²) >= 11 is 6.90. The first-order valence-electron chi connectivity index (χ1n) is 6.71. The molecule has 0 aliphatic heterocycles. The van der Waals surface area contributed by atoms with Crippen molar-refractivity contribution in [2.75, 3.05) is 0 Å². The molecule has 0 spiro atoms. The van der Waals surface area contributed by atoms with Gasteiger partial charge in [0, 0.05) is 17.3 Å². The summed E-state index contributed by atoms with van der Waals surface area (Å²) in [6, 6.07) is 12.5. The van der Waals surface area contributed by atoms with Crippen molar-refractivity contribution in [3.05, 3.63) is 41.2 Å². The summed E-state index contributed by atoms with van der Waals surface area (Å²) in [4.78, 5) is 6.84. The Hall–Kier alpha value is -2.05. The number of fused-ring (bicyclic) bond motifs is 2. The number of hydrogen-bond donors (Lipinski definition) is 1. The number of benzene rings is 1. The first-order valence-corrected chi connectivity index (χ1v) is 7.93. The number of aromatic nitrogens is 4. The molecule has 0 unspecified atom stereocenters. The number of rotatable bonds is 2. The molecule has 4 nitrogen and oxygen atoms in total. The Morgan fingerprint density at radius 2 is 2.10 bits per heavy atom. The van der Waals surface area contributed by atoms with E-state index in [1.54, 1.807) is 11.3 Å². The van der Waals surface area contributed by atoms with E-state index >= 15 is 0 Å². The summed E-state index contributed by atoms with van der Waals surface area (Å²) in [5, 5.41) is 9.52. The zero-order chi connectivity index (χ0) is 14.4. The van der Waals surface area contributed by atoms with Gasteiger partial charge in [0.2, 0.25) is 0 Å². The number of thiophene rings is 1. The summed E-state index contributed by atoms with van der Waals surface area (Å²) in [5.74, 6) is 0.884. The molecule has 0 atom stereocenters. The van der Waals surface area contributed by atoms with Crippen LogP contribution in [0, 0.1) is 4.77 Å². The van der Waals surface area contributed by atoms with Gasteiger partial charge in [-0.15, -0.1) is 11.3 Å². The summed E-state index contributed by atoms with van der Waals surface area (Å²) in [7, 11) is 0. The van der Waals surface area contributed by atoms with Crippen LogP contribution in [-0.4, -0.2) is 19.7 Å². The van der Waals surface area contributed by atoms with E-state index in [0.717, 1.165) is 38.4 Å². The fourth-order valence-electron chi connectivity index (χ4n) is 2.48. The molecule has 0 saturated heterocycles. The van der Waals surface area contributed by atoms with Crippen LogP contribution in [0.5, 0.6) is 0 Å². The van der Waals surface area contributed by atoms with Gasteiger partial charge >= 0.3 is 0 Å². The molecular formula is C15H12N4S2. The molecule has 3 heterocycles. The summed E-state index contributed by atoms with van der Waals surface area (Å²) in [6.07, 6.45) is 0. The third kappa shape index (κ3) is 1.99. The van der Waals surface area contributed by atoms with Crippen molar-refractivity contribution in [2.45, 2.75) is 13.5 Å². The van der Waals surface area contributed by atoms with Crippen molar-refractivity contribution >= 4 is 44.7 Å². The van der Waals surface area contributed by atoms with Gasteiger partial charge in [0.05, 0.1) is 10.4 Å². The number of para-hydroxylation sites is 1. The molecule has 0 aliphatic carbocycles. The van der Waals surface area contributed by atoms with Crippen LogP contribution in [0.25, 0.3) is 31.8 Å². The van der Waals surface area contributed by atoms with E-state index in [4.69, 9.17) is 17.2 Å². The van der Waals surface area contributed by atoms with Gasteiger partial charge in [0.15, 0.2) is 10.6 Å². The third-order valence-electron chi connectivity index (χ3n) is 3.50. The normalized spacial score (nSPS) is 11.5. The summed E-state index contributed by atoms with van der Waals surface area (Å²) in [6.45, 7) is 2.86. The van der Waals surface area contributed by atoms with Crippen molar-refractivity contribution in [1.82, 2.24) is 19.7 Å². The minimum absolute atomic E-state index is 0.656. The van der Waals surface area contributed by atoms with Gasteiger partial charge in [0.1, 0.15) is 4.83 Å². The molecule has 3 aromatic heterocycles. The SMILES string of the molecule is CCn1c(-c2cc3cc4ccccc4nc3s2)n[nH]c1=S. The van der Waals surface area contributed by atoms with Gasteiger partial charge in [-0.2, -0.15) is 5.10 Å². The van der Waals surface area contributed by atoms with Crippen LogP contribution in [0.2, 0.25) is 0 Å². The number of pyridine rings is 1. The molecule has 1 N–H and O–H groups in total. The monoisotopic (exact) mass is 312 g/mol. The Bertz CT molecular complexity index is 957. The molecule has 0 fully saturated rings. The standard InChI is InChI=1S/C15H12N4S2/c1-2-19-13(17-18-15(19)20)12-8-10-7-9-5-3-4-6-11(9)16-14(10)21-12/h3-8H,2H2,1H3,(H,18,20). The number of nitrogens with zero attached hydrogens (tertiary/aromatic N) is 3. The Balaban J connectivity index is 1.98. The van der Waals surface area contributed by atoms with E-state index in [0.29, 0.717) is 4.77 Å². The van der Waals surface area contributed by atoms with Crippen molar-refractivity contribution < 1.29 is 0 Å². The second-order valence-electron chi connectivity index (χ2n) is 4.78. The largest absolute Gasteiger partial charge is 0.300 e. The highest BCUT2D eigenvalue weighted by atomic mass is 32.1. The molecule has 0 radical (unpaired) electrons. The summed E-state index contributed by atoms with van der Waals surface area (Å²) in [5.41, 5.74) is 1.02. The van der Waals surface area contributed by atoms with Gasteiger partial charge in [-0.1, -0.05) is 18.2 Å². The van der Waals surface area contributed by atoms with Crippen LogP contribution in [0.15, 0.2) is 36.4 Å². The molecule has 0 amide bonds. The van der Waals surface area contributed by atoms with Gasteiger partial charge < -0.3 is 0 Å². The van der Waals surface area contributed by atoms with Gasteiger partial charge in [-0.3, -0.25) is 9.67 Å². The van der Waals surface area contributed by atoms with Crippen molar-refractivity contribution in [3.8, 4) is 10.7 Å². The molecule has 21 heavy (non-hydrogen) atoms. The maximum Gasteiger partial charge on any atom is 0.195 e. The Kier molecular flexibility index (Phi) is 2.87. The second-order valence-corrected chi connectivity index (χ2v) is 6.20. The molecule has 6 heteroatoms. The Labute approximate surface area is 130 Å². The van der Waals surface area contributed by atoms with E-state index in [9.17, 15) is 0 Å². The molecule has 0 bridgehead atoms. The average molecular weight is 312 g/mol. The molecule has 4 rings (SSSR count). The van der Waals surface area contributed by atoms with E-state index in [1.807, 2.05) is 22.8 Å². The average Bonchev–Trinajstić information content (AvgIpc) is 3.07. The van der Waals surface area contributed by atoms with Crippen LogP contribution in [0.1, 0.15) is 6.92 Å². The lowest BCUT2D eigenvalue weighted by atomic mass is 10.2. The van der Waals surface area contributed by atoms with Gasteiger partial charge in [-0.05, 0) is 37.3 Å². The smallest absolute Gasteiger partial charge is 0.195 e.